The number of fused-ring (bicyclic) bond motifs is 3. The van der Waals surface area contributed by atoms with Crippen LogP contribution in [0.5, 0.6) is 0 Å². The van der Waals surface area contributed by atoms with Crippen molar-refractivity contribution in [3.63, 3.8) is 0 Å². The number of carbonyl (C=O) groups is 2. The molecule has 0 bridgehead atoms. The number of aromatic nitrogens is 1. The third kappa shape index (κ3) is 2.91. The highest BCUT2D eigenvalue weighted by Crippen LogP contribution is 2.43. The van der Waals surface area contributed by atoms with Gasteiger partial charge in [-0.1, -0.05) is 36.3 Å². The molecule has 1 aromatic carbocycles. The summed E-state index contributed by atoms with van der Waals surface area (Å²) in [5.41, 5.74) is 1.81. The monoisotopic (exact) mass is 373 g/mol. The van der Waals surface area contributed by atoms with Crippen LogP contribution in [0.1, 0.15) is 47.0 Å². The standard InChI is InChI=1S/C18H19N3O2S2/c1-10-5-4-6-11(9-10)19-17(23)14-15-20-16(22)12-7-2-3-8-13(12)21(15)18(24)25-14/h4-6,9,12-13H,2-3,7-8H2,1H3,(H,19,23)(H,20,22). The van der Waals surface area contributed by atoms with Crippen LogP contribution in [0.2, 0.25) is 0 Å². The van der Waals surface area contributed by atoms with Crippen molar-refractivity contribution in [2.45, 2.75) is 38.6 Å². The first kappa shape index (κ1) is 16.5. The molecule has 2 heterocycles. The number of rotatable bonds is 2. The lowest BCUT2D eigenvalue weighted by molar-refractivity contribution is -0.123. The fraction of sp³-hybridized carbons (Fsp3) is 0.389. The molecule has 7 heteroatoms. The van der Waals surface area contributed by atoms with E-state index in [0.717, 1.165) is 36.9 Å². The van der Waals surface area contributed by atoms with Crippen molar-refractivity contribution >= 4 is 46.9 Å². The van der Waals surface area contributed by atoms with Crippen molar-refractivity contribution in [2.75, 3.05) is 10.6 Å². The van der Waals surface area contributed by atoms with Crippen LogP contribution < -0.4 is 10.6 Å². The number of thiazole rings is 1. The van der Waals surface area contributed by atoms with Crippen LogP contribution in [-0.4, -0.2) is 16.4 Å². The summed E-state index contributed by atoms with van der Waals surface area (Å²) in [6, 6.07) is 7.72. The lowest BCUT2D eigenvalue weighted by Gasteiger charge is -2.36. The average molecular weight is 374 g/mol. The smallest absolute Gasteiger partial charge is 0.269 e. The Morgan fingerprint density at radius 3 is 2.96 bits per heavy atom. The molecular weight excluding hydrogens is 354 g/mol. The van der Waals surface area contributed by atoms with Crippen LogP contribution in [0.4, 0.5) is 11.5 Å². The maximum Gasteiger partial charge on any atom is 0.269 e. The number of anilines is 2. The van der Waals surface area contributed by atoms with Crippen LogP contribution in [0.15, 0.2) is 24.3 Å². The maximum atomic E-state index is 12.8. The fourth-order valence-corrected chi connectivity index (χ4v) is 5.17. The van der Waals surface area contributed by atoms with Gasteiger partial charge in [-0.2, -0.15) is 0 Å². The lowest BCUT2D eigenvalue weighted by Crippen LogP contribution is -2.39. The Hall–Kier alpha value is -1.99. The molecule has 1 aliphatic carbocycles. The highest BCUT2D eigenvalue weighted by molar-refractivity contribution is 7.73. The van der Waals surface area contributed by atoms with Gasteiger partial charge in [0.15, 0.2) is 3.95 Å². The molecule has 1 aromatic heterocycles. The Morgan fingerprint density at radius 2 is 2.16 bits per heavy atom. The van der Waals surface area contributed by atoms with Gasteiger partial charge in [0.1, 0.15) is 10.7 Å². The van der Waals surface area contributed by atoms with Gasteiger partial charge in [0, 0.05) is 11.7 Å². The van der Waals surface area contributed by atoms with Gasteiger partial charge >= 0.3 is 0 Å². The van der Waals surface area contributed by atoms with Crippen molar-refractivity contribution in [1.29, 1.82) is 0 Å². The minimum absolute atomic E-state index is 0.0158. The molecule has 2 aliphatic rings. The summed E-state index contributed by atoms with van der Waals surface area (Å²) in [6.07, 6.45) is 3.99. The van der Waals surface area contributed by atoms with Gasteiger partial charge in [-0.25, -0.2) is 0 Å². The van der Waals surface area contributed by atoms with Crippen LogP contribution in [0.25, 0.3) is 0 Å². The van der Waals surface area contributed by atoms with E-state index in [-0.39, 0.29) is 23.8 Å². The molecule has 4 rings (SSSR count). The SMILES string of the molecule is Cc1cccc(NC(=O)c2sc(=S)n3c2NC(=O)C2CCCCC23)c1. The molecule has 2 unspecified atom stereocenters. The summed E-state index contributed by atoms with van der Waals surface area (Å²) in [6.45, 7) is 1.98. The van der Waals surface area contributed by atoms with Gasteiger partial charge in [-0.15, -0.1) is 0 Å². The van der Waals surface area contributed by atoms with Crippen molar-refractivity contribution in [3.8, 4) is 0 Å². The van der Waals surface area contributed by atoms with E-state index < -0.39 is 0 Å². The number of nitrogens with zero attached hydrogens (tertiary/aromatic N) is 1. The van der Waals surface area contributed by atoms with Crippen molar-refractivity contribution < 1.29 is 9.59 Å². The molecule has 1 aliphatic heterocycles. The number of amides is 2. The Balaban J connectivity index is 1.69. The number of aryl methyl sites for hydroxylation is 1. The molecular formula is C18H19N3O2S2. The second-order valence-electron chi connectivity index (χ2n) is 6.69. The molecule has 2 N–H and O–H groups in total. The number of nitrogens with one attached hydrogen (secondary N) is 2. The summed E-state index contributed by atoms with van der Waals surface area (Å²) in [5, 5.41) is 5.84. The van der Waals surface area contributed by atoms with Gasteiger partial charge < -0.3 is 15.2 Å². The zero-order valence-corrected chi connectivity index (χ0v) is 15.5. The first-order valence-corrected chi connectivity index (χ1v) is 9.71. The fourth-order valence-electron chi connectivity index (χ4n) is 3.80. The van der Waals surface area contributed by atoms with E-state index in [1.165, 1.54) is 11.3 Å². The van der Waals surface area contributed by atoms with E-state index in [1.807, 2.05) is 35.8 Å². The van der Waals surface area contributed by atoms with Gasteiger partial charge in [0.05, 0.1) is 5.92 Å². The molecule has 2 amide bonds. The molecule has 5 nitrogen and oxygen atoms in total. The Bertz CT molecular complexity index is 915. The molecule has 1 saturated carbocycles. The van der Waals surface area contributed by atoms with Crippen LogP contribution in [0.3, 0.4) is 0 Å². The Kier molecular flexibility index (Phi) is 4.21. The van der Waals surface area contributed by atoms with Gasteiger partial charge in [-0.3, -0.25) is 9.59 Å². The predicted molar refractivity (Wildman–Crippen MR) is 102 cm³/mol. The molecule has 0 radical (unpaired) electrons. The van der Waals surface area contributed by atoms with E-state index in [1.54, 1.807) is 0 Å². The van der Waals surface area contributed by atoms with E-state index in [0.29, 0.717) is 14.6 Å². The van der Waals surface area contributed by atoms with Gasteiger partial charge in [0.25, 0.3) is 5.91 Å². The molecule has 0 saturated heterocycles. The van der Waals surface area contributed by atoms with Crippen LogP contribution in [0, 0.1) is 16.8 Å². The molecule has 2 atom stereocenters. The quantitative estimate of drug-likeness (QED) is 0.761. The van der Waals surface area contributed by atoms with Crippen LogP contribution >= 0.6 is 23.6 Å². The molecule has 0 spiro atoms. The maximum absolute atomic E-state index is 12.8. The number of hydrogen-bond acceptors (Lipinski definition) is 4. The number of hydrogen-bond donors (Lipinski definition) is 2. The Labute approximate surface area is 155 Å². The molecule has 1 fully saturated rings. The Morgan fingerprint density at radius 1 is 1.36 bits per heavy atom. The topological polar surface area (TPSA) is 63.1 Å². The number of carbonyl (C=O) groups excluding carboxylic acids is 2. The molecule has 2 aromatic rings. The number of benzene rings is 1. The zero-order chi connectivity index (χ0) is 17.6. The highest BCUT2D eigenvalue weighted by Gasteiger charge is 2.39. The van der Waals surface area contributed by atoms with Crippen molar-refractivity contribution in [3.05, 3.63) is 38.7 Å². The van der Waals surface area contributed by atoms with Gasteiger partial charge in [-0.05, 0) is 49.7 Å². The summed E-state index contributed by atoms with van der Waals surface area (Å²) in [4.78, 5) is 25.7. The van der Waals surface area contributed by atoms with Crippen molar-refractivity contribution in [2.24, 2.45) is 5.92 Å². The summed E-state index contributed by atoms with van der Waals surface area (Å²) in [5.74, 6) is 0.315. The van der Waals surface area contributed by atoms with E-state index in [4.69, 9.17) is 12.2 Å². The van der Waals surface area contributed by atoms with E-state index >= 15 is 0 Å². The second kappa shape index (κ2) is 6.38. The highest BCUT2D eigenvalue weighted by atomic mass is 32.1. The largest absolute Gasteiger partial charge is 0.321 e. The molecule has 25 heavy (non-hydrogen) atoms. The first-order chi connectivity index (χ1) is 12.0. The summed E-state index contributed by atoms with van der Waals surface area (Å²) >= 11 is 6.79. The minimum Gasteiger partial charge on any atom is -0.321 e. The normalized spacial score (nSPS) is 21.9. The zero-order valence-electron chi connectivity index (χ0n) is 13.9. The third-order valence-corrected chi connectivity index (χ3v) is 6.36. The van der Waals surface area contributed by atoms with Gasteiger partial charge in [0.2, 0.25) is 5.91 Å². The lowest BCUT2D eigenvalue weighted by atomic mass is 9.82. The summed E-state index contributed by atoms with van der Waals surface area (Å²) in [7, 11) is 0. The summed E-state index contributed by atoms with van der Waals surface area (Å²) < 4.78 is 2.65. The second-order valence-corrected chi connectivity index (χ2v) is 8.33. The van der Waals surface area contributed by atoms with E-state index in [9.17, 15) is 9.59 Å². The molecule has 130 valence electrons. The third-order valence-electron chi connectivity index (χ3n) is 4.96. The van der Waals surface area contributed by atoms with Crippen molar-refractivity contribution in [1.82, 2.24) is 4.57 Å². The van der Waals surface area contributed by atoms with E-state index in [2.05, 4.69) is 10.6 Å². The predicted octanol–water partition coefficient (Wildman–Crippen LogP) is 4.52. The van der Waals surface area contributed by atoms with Crippen LogP contribution in [-0.2, 0) is 4.79 Å². The average Bonchev–Trinajstić information content (AvgIpc) is 2.92. The minimum atomic E-state index is -0.231. The first-order valence-electron chi connectivity index (χ1n) is 8.49.